The standard InChI is InChI=1S/C20H19F3N4O5S/c1-26-12-25-11-17(26)19(28)27-6-3-14(4-7-27)31-18-9-15(32-33(29,30)20(21,22)23)8-13-2-5-24-10-16(13)18/h2,5,8-12,14H,3-4,6-7H2,1H3. The number of ether oxygens (including phenoxy) is 1. The molecule has 0 spiro atoms. The predicted octanol–water partition coefficient (Wildman–Crippen LogP) is 2.88. The van der Waals surface area contributed by atoms with Crippen LogP contribution in [-0.4, -0.2) is 58.5 Å². The average molecular weight is 484 g/mol. The second-order valence-electron chi connectivity index (χ2n) is 7.50. The number of aromatic nitrogens is 3. The molecule has 0 saturated carbocycles. The molecule has 1 fully saturated rings. The quantitative estimate of drug-likeness (QED) is 0.405. The monoisotopic (exact) mass is 484 g/mol. The van der Waals surface area contributed by atoms with Gasteiger partial charge in [0.1, 0.15) is 23.3 Å². The lowest BCUT2D eigenvalue weighted by atomic mass is 10.1. The molecule has 0 radical (unpaired) electrons. The highest BCUT2D eigenvalue weighted by Crippen LogP contribution is 2.35. The first-order valence-electron chi connectivity index (χ1n) is 9.86. The molecule has 0 bridgehead atoms. The Morgan fingerprint density at radius 1 is 1.15 bits per heavy atom. The van der Waals surface area contributed by atoms with Gasteiger partial charge in [-0.1, -0.05) is 0 Å². The highest BCUT2D eigenvalue weighted by Gasteiger charge is 2.48. The van der Waals surface area contributed by atoms with Gasteiger partial charge >= 0.3 is 15.6 Å². The van der Waals surface area contributed by atoms with Gasteiger partial charge in [-0.3, -0.25) is 9.78 Å². The summed E-state index contributed by atoms with van der Waals surface area (Å²) in [5, 5.41) is 0.890. The van der Waals surface area contributed by atoms with E-state index in [-0.39, 0.29) is 17.8 Å². The van der Waals surface area contributed by atoms with Crippen LogP contribution in [0.15, 0.2) is 43.1 Å². The fourth-order valence-electron chi connectivity index (χ4n) is 3.54. The third kappa shape index (κ3) is 4.72. The van der Waals surface area contributed by atoms with Crippen molar-refractivity contribution in [1.29, 1.82) is 0 Å². The summed E-state index contributed by atoms with van der Waals surface area (Å²) in [6, 6.07) is 3.77. The molecular formula is C20H19F3N4O5S. The molecular weight excluding hydrogens is 465 g/mol. The van der Waals surface area contributed by atoms with Gasteiger partial charge in [-0.15, -0.1) is 0 Å². The Labute approximate surface area is 186 Å². The zero-order chi connectivity index (χ0) is 23.8. The molecule has 0 N–H and O–H groups in total. The first-order chi connectivity index (χ1) is 15.5. The van der Waals surface area contributed by atoms with Crippen molar-refractivity contribution in [1.82, 2.24) is 19.4 Å². The molecule has 9 nitrogen and oxygen atoms in total. The molecule has 176 valence electrons. The molecule has 0 atom stereocenters. The Balaban J connectivity index is 1.52. The second kappa shape index (κ2) is 8.54. The number of carbonyl (C=O) groups is 1. The van der Waals surface area contributed by atoms with Crippen molar-refractivity contribution >= 4 is 26.8 Å². The van der Waals surface area contributed by atoms with Gasteiger partial charge in [0.05, 0.1) is 12.5 Å². The Morgan fingerprint density at radius 3 is 2.52 bits per heavy atom. The van der Waals surface area contributed by atoms with Crippen LogP contribution in [0.3, 0.4) is 0 Å². The molecule has 4 rings (SSSR count). The number of hydrogen-bond acceptors (Lipinski definition) is 7. The minimum Gasteiger partial charge on any atom is -0.489 e. The maximum atomic E-state index is 12.7. The van der Waals surface area contributed by atoms with E-state index in [0.717, 1.165) is 6.07 Å². The van der Waals surface area contributed by atoms with Crippen LogP contribution < -0.4 is 8.92 Å². The summed E-state index contributed by atoms with van der Waals surface area (Å²) in [6.45, 7) is 0.813. The Morgan fingerprint density at radius 2 is 1.88 bits per heavy atom. The third-order valence-corrected chi connectivity index (χ3v) is 6.22. The van der Waals surface area contributed by atoms with Crippen LogP contribution in [0.1, 0.15) is 23.3 Å². The van der Waals surface area contributed by atoms with Gasteiger partial charge in [0.2, 0.25) is 0 Å². The van der Waals surface area contributed by atoms with Crippen molar-refractivity contribution in [3.05, 3.63) is 48.8 Å². The largest absolute Gasteiger partial charge is 0.534 e. The van der Waals surface area contributed by atoms with Crippen LogP contribution in [-0.2, 0) is 17.2 Å². The molecule has 1 amide bonds. The second-order valence-corrected chi connectivity index (χ2v) is 9.04. The van der Waals surface area contributed by atoms with E-state index in [0.29, 0.717) is 42.4 Å². The van der Waals surface area contributed by atoms with Crippen LogP contribution in [0.25, 0.3) is 10.8 Å². The van der Waals surface area contributed by atoms with E-state index in [9.17, 15) is 26.4 Å². The van der Waals surface area contributed by atoms with E-state index >= 15 is 0 Å². The highest BCUT2D eigenvalue weighted by molar-refractivity contribution is 7.88. The number of pyridine rings is 1. The summed E-state index contributed by atoms with van der Waals surface area (Å²) in [7, 11) is -4.11. The van der Waals surface area contributed by atoms with Gasteiger partial charge in [-0.2, -0.15) is 21.6 Å². The van der Waals surface area contributed by atoms with Gasteiger partial charge < -0.3 is 18.4 Å². The summed E-state index contributed by atoms with van der Waals surface area (Å²) in [6.07, 6.45) is 6.50. The summed E-state index contributed by atoms with van der Waals surface area (Å²) >= 11 is 0. The number of fused-ring (bicyclic) bond motifs is 1. The highest BCUT2D eigenvalue weighted by atomic mass is 32.2. The Bertz CT molecular complexity index is 1280. The van der Waals surface area contributed by atoms with Gasteiger partial charge in [0.15, 0.2) is 0 Å². The lowest BCUT2D eigenvalue weighted by Gasteiger charge is -2.32. The van der Waals surface area contributed by atoms with E-state index in [1.807, 2.05) is 0 Å². The number of amides is 1. The van der Waals surface area contributed by atoms with Crippen molar-refractivity contribution in [2.75, 3.05) is 13.1 Å². The van der Waals surface area contributed by atoms with Crippen LogP contribution in [0.5, 0.6) is 11.5 Å². The zero-order valence-corrected chi connectivity index (χ0v) is 18.1. The van der Waals surface area contributed by atoms with Crippen LogP contribution in [0, 0.1) is 0 Å². The first-order valence-corrected chi connectivity index (χ1v) is 11.3. The van der Waals surface area contributed by atoms with Crippen molar-refractivity contribution < 1.29 is 35.3 Å². The molecule has 33 heavy (non-hydrogen) atoms. The number of rotatable bonds is 5. The summed E-state index contributed by atoms with van der Waals surface area (Å²) in [4.78, 5) is 22.3. The number of aryl methyl sites for hydroxylation is 1. The number of benzene rings is 1. The lowest BCUT2D eigenvalue weighted by molar-refractivity contribution is -0.0500. The van der Waals surface area contributed by atoms with E-state index in [1.54, 1.807) is 16.5 Å². The third-order valence-electron chi connectivity index (χ3n) is 5.24. The summed E-state index contributed by atoms with van der Waals surface area (Å²) < 4.78 is 73.0. The predicted molar refractivity (Wildman–Crippen MR) is 110 cm³/mol. The van der Waals surface area contributed by atoms with Crippen LogP contribution in [0.2, 0.25) is 0 Å². The van der Waals surface area contributed by atoms with E-state index < -0.39 is 21.4 Å². The Hall–Kier alpha value is -3.35. The summed E-state index contributed by atoms with van der Waals surface area (Å²) in [5.41, 5.74) is -5.10. The number of carbonyl (C=O) groups excluding carboxylic acids is 1. The number of alkyl halides is 3. The van der Waals surface area contributed by atoms with Gasteiger partial charge in [0, 0.05) is 56.8 Å². The maximum absolute atomic E-state index is 12.7. The maximum Gasteiger partial charge on any atom is 0.534 e. The molecule has 1 saturated heterocycles. The summed E-state index contributed by atoms with van der Waals surface area (Å²) in [5.74, 6) is -0.537. The molecule has 3 aromatic rings. The van der Waals surface area contributed by atoms with Crippen molar-refractivity contribution in [2.24, 2.45) is 7.05 Å². The minimum absolute atomic E-state index is 0.143. The van der Waals surface area contributed by atoms with Gasteiger partial charge in [-0.25, -0.2) is 4.98 Å². The van der Waals surface area contributed by atoms with E-state index in [2.05, 4.69) is 14.2 Å². The lowest BCUT2D eigenvalue weighted by Crippen LogP contribution is -2.42. The normalized spacial score (nSPS) is 15.6. The van der Waals surface area contributed by atoms with E-state index in [1.165, 1.54) is 37.1 Å². The zero-order valence-electron chi connectivity index (χ0n) is 17.3. The topological polar surface area (TPSA) is 104 Å². The molecule has 0 aliphatic carbocycles. The van der Waals surface area contributed by atoms with Crippen molar-refractivity contribution in [2.45, 2.75) is 24.5 Å². The number of piperidine rings is 1. The Kier molecular flexibility index (Phi) is 5.91. The van der Waals surface area contributed by atoms with Crippen LogP contribution >= 0.6 is 0 Å². The fourth-order valence-corrected chi connectivity index (χ4v) is 3.98. The van der Waals surface area contributed by atoms with Gasteiger partial charge in [-0.05, 0) is 17.5 Å². The number of nitrogens with zero attached hydrogens (tertiary/aromatic N) is 4. The fraction of sp³-hybridized carbons (Fsp3) is 0.350. The van der Waals surface area contributed by atoms with Crippen LogP contribution in [0.4, 0.5) is 13.2 Å². The number of halogens is 3. The molecule has 1 aliphatic heterocycles. The molecule has 3 heterocycles. The molecule has 13 heteroatoms. The van der Waals surface area contributed by atoms with Crippen molar-refractivity contribution in [3.63, 3.8) is 0 Å². The smallest absolute Gasteiger partial charge is 0.489 e. The first kappa shape index (κ1) is 22.8. The average Bonchev–Trinajstić information content (AvgIpc) is 3.18. The SMILES string of the molecule is Cn1cncc1C(=O)N1CCC(Oc2cc(OS(=O)(=O)C(F)(F)F)cc3ccncc23)CC1. The molecule has 1 aliphatic rings. The number of hydrogen-bond donors (Lipinski definition) is 0. The number of imidazole rings is 1. The van der Waals surface area contributed by atoms with Gasteiger partial charge in [0.25, 0.3) is 5.91 Å². The molecule has 1 aromatic carbocycles. The van der Waals surface area contributed by atoms with E-state index in [4.69, 9.17) is 4.74 Å². The molecule has 2 aromatic heterocycles. The number of likely N-dealkylation sites (tertiary alicyclic amines) is 1. The van der Waals surface area contributed by atoms with Crippen molar-refractivity contribution in [3.8, 4) is 11.5 Å². The minimum atomic E-state index is -5.83. The molecule has 0 unspecified atom stereocenters.